The van der Waals surface area contributed by atoms with E-state index >= 15 is 0 Å². The minimum atomic E-state index is 0.479. The molecule has 2 aromatic rings. The SMILES string of the molecule is COc1cccc(CCC2C3=CC=CCC3CCN2c2ccccc2)c1. The molecule has 0 saturated carbocycles. The van der Waals surface area contributed by atoms with E-state index in [-0.39, 0.29) is 0 Å². The fraction of sp³-hybridized carbons (Fsp3) is 0.333. The summed E-state index contributed by atoms with van der Waals surface area (Å²) in [5, 5.41) is 0. The van der Waals surface area contributed by atoms with Crippen LogP contribution in [-0.4, -0.2) is 19.7 Å². The Bertz CT molecular complexity index is 793. The number of methoxy groups -OCH3 is 1. The van der Waals surface area contributed by atoms with Crippen molar-refractivity contribution >= 4 is 5.69 Å². The Hall–Kier alpha value is -2.48. The predicted octanol–water partition coefficient (Wildman–Crippen LogP) is 5.41. The third kappa shape index (κ3) is 3.55. The van der Waals surface area contributed by atoms with Crippen molar-refractivity contribution in [1.82, 2.24) is 0 Å². The second-order valence-corrected chi connectivity index (χ2v) is 7.25. The van der Waals surface area contributed by atoms with E-state index < -0.39 is 0 Å². The molecule has 2 atom stereocenters. The number of aryl methyl sites for hydroxylation is 1. The van der Waals surface area contributed by atoms with Crippen LogP contribution in [0.25, 0.3) is 0 Å². The molecule has 2 nitrogen and oxygen atoms in total. The van der Waals surface area contributed by atoms with Gasteiger partial charge < -0.3 is 9.64 Å². The van der Waals surface area contributed by atoms with Crippen molar-refractivity contribution in [3.8, 4) is 5.75 Å². The molecule has 2 heteroatoms. The Labute approximate surface area is 156 Å². The molecule has 26 heavy (non-hydrogen) atoms. The zero-order valence-corrected chi connectivity index (χ0v) is 15.5. The van der Waals surface area contributed by atoms with Crippen molar-refractivity contribution < 1.29 is 4.74 Å². The van der Waals surface area contributed by atoms with Crippen molar-refractivity contribution in [1.29, 1.82) is 0 Å². The maximum atomic E-state index is 5.39. The summed E-state index contributed by atoms with van der Waals surface area (Å²) in [6, 6.07) is 19.9. The fourth-order valence-corrected chi connectivity index (χ4v) is 4.37. The quantitative estimate of drug-likeness (QED) is 0.718. The molecular weight excluding hydrogens is 318 g/mol. The first-order chi connectivity index (χ1) is 12.8. The van der Waals surface area contributed by atoms with E-state index in [4.69, 9.17) is 4.74 Å². The van der Waals surface area contributed by atoms with Gasteiger partial charge in [-0.2, -0.15) is 0 Å². The van der Waals surface area contributed by atoms with Gasteiger partial charge >= 0.3 is 0 Å². The molecule has 1 saturated heterocycles. The van der Waals surface area contributed by atoms with Gasteiger partial charge in [0, 0.05) is 12.2 Å². The van der Waals surface area contributed by atoms with Gasteiger partial charge in [-0.05, 0) is 67.0 Å². The van der Waals surface area contributed by atoms with Gasteiger partial charge in [-0.15, -0.1) is 0 Å². The molecule has 1 heterocycles. The minimum Gasteiger partial charge on any atom is -0.497 e. The summed E-state index contributed by atoms with van der Waals surface area (Å²) in [4.78, 5) is 2.61. The Balaban J connectivity index is 1.58. The van der Waals surface area contributed by atoms with Gasteiger partial charge in [0.25, 0.3) is 0 Å². The lowest BCUT2D eigenvalue weighted by Gasteiger charge is -2.44. The van der Waals surface area contributed by atoms with Crippen LogP contribution in [0.4, 0.5) is 5.69 Å². The Kier molecular flexibility index (Phi) is 5.10. The van der Waals surface area contributed by atoms with E-state index in [2.05, 4.69) is 71.7 Å². The van der Waals surface area contributed by atoms with Crippen molar-refractivity contribution in [3.63, 3.8) is 0 Å². The zero-order valence-electron chi connectivity index (χ0n) is 15.5. The van der Waals surface area contributed by atoms with Crippen LogP contribution < -0.4 is 9.64 Å². The zero-order chi connectivity index (χ0) is 17.8. The first kappa shape index (κ1) is 17.0. The van der Waals surface area contributed by atoms with E-state index in [1.165, 1.54) is 24.1 Å². The van der Waals surface area contributed by atoms with Crippen molar-refractivity contribution in [3.05, 3.63) is 84.0 Å². The standard InChI is InChI=1S/C24H27NO/c1-26-22-12-7-8-19(18-22)14-15-24-23-13-6-5-9-20(23)16-17-25(24)21-10-3-2-4-11-21/h2-8,10-13,18,20,24H,9,14-17H2,1H3. The summed E-state index contributed by atoms with van der Waals surface area (Å²) < 4.78 is 5.39. The van der Waals surface area contributed by atoms with Gasteiger partial charge in [-0.1, -0.05) is 48.6 Å². The van der Waals surface area contributed by atoms with Gasteiger partial charge in [-0.25, -0.2) is 0 Å². The number of para-hydroxylation sites is 1. The molecule has 0 aromatic heterocycles. The summed E-state index contributed by atoms with van der Waals surface area (Å²) in [6.07, 6.45) is 11.6. The number of benzene rings is 2. The molecule has 0 spiro atoms. The Morgan fingerprint density at radius 2 is 1.96 bits per heavy atom. The van der Waals surface area contributed by atoms with Crippen molar-refractivity contribution in [2.24, 2.45) is 5.92 Å². The molecule has 1 aliphatic heterocycles. The number of piperidine rings is 1. The van der Waals surface area contributed by atoms with Gasteiger partial charge in [0.1, 0.15) is 5.75 Å². The smallest absolute Gasteiger partial charge is 0.119 e. The Morgan fingerprint density at radius 1 is 1.08 bits per heavy atom. The van der Waals surface area contributed by atoms with E-state index in [1.54, 1.807) is 12.7 Å². The van der Waals surface area contributed by atoms with E-state index in [0.717, 1.165) is 31.1 Å². The van der Waals surface area contributed by atoms with Crippen LogP contribution in [0.3, 0.4) is 0 Å². The van der Waals surface area contributed by atoms with E-state index in [0.29, 0.717) is 6.04 Å². The molecule has 1 fully saturated rings. The largest absolute Gasteiger partial charge is 0.497 e. The second kappa shape index (κ2) is 7.82. The third-order valence-electron chi connectivity index (χ3n) is 5.72. The molecule has 0 amide bonds. The van der Waals surface area contributed by atoms with Crippen LogP contribution >= 0.6 is 0 Å². The molecule has 2 unspecified atom stereocenters. The number of allylic oxidation sites excluding steroid dienone is 3. The van der Waals surface area contributed by atoms with Crippen LogP contribution in [0.5, 0.6) is 5.75 Å². The number of hydrogen-bond acceptors (Lipinski definition) is 2. The molecule has 1 aliphatic carbocycles. The lowest BCUT2D eigenvalue weighted by atomic mass is 9.78. The van der Waals surface area contributed by atoms with Crippen LogP contribution in [0.1, 0.15) is 24.8 Å². The summed E-state index contributed by atoms with van der Waals surface area (Å²) in [5.41, 5.74) is 4.31. The highest BCUT2D eigenvalue weighted by Crippen LogP contribution is 2.38. The molecule has 2 aliphatic rings. The first-order valence-electron chi connectivity index (χ1n) is 9.66. The molecule has 134 valence electrons. The van der Waals surface area contributed by atoms with Gasteiger partial charge in [0.15, 0.2) is 0 Å². The average molecular weight is 345 g/mol. The number of nitrogens with zero attached hydrogens (tertiary/aromatic N) is 1. The lowest BCUT2D eigenvalue weighted by Crippen LogP contribution is -2.45. The van der Waals surface area contributed by atoms with Crippen LogP contribution in [0.15, 0.2) is 78.4 Å². The normalized spacial score (nSPS) is 21.9. The van der Waals surface area contributed by atoms with Crippen molar-refractivity contribution in [2.75, 3.05) is 18.6 Å². The summed E-state index contributed by atoms with van der Waals surface area (Å²) in [5.74, 6) is 1.67. The number of anilines is 1. The maximum Gasteiger partial charge on any atom is 0.119 e. The molecule has 0 bridgehead atoms. The highest BCUT2D eigenvalue weighted by Gasteiger charge is 2.33. The predicted molar refractivity (Wildman–Crippen MR) is 109 cm³/mol. The second-order valence-electron chi connectivity index (χ2n) is 7.25. The summed E-state index contributed by atoms with van der Waals surface area (Å²) in [7, 11) is 1.74. The topological polar surface area (TPSA) is 12.5 Å². The van der Waals surface area contributed by atoms with E-state index in [9.17, 15) is 0 Å². The van der Waals surface area contributed by atoms with Crippen LogP contribution in [-0.2, 0) is 6.42 Å². The lowest BCUT2D eigenvalue weighted by molar-refractivity contribution is 0.413. The summed E-state index contributed by atoms with van der Waals surface area (Å²) >= 11 is 0. The monoisotopic (exact) mass is 345 g/mol. The molecular formula is C24H27NO. The number of hydrogen-bond donors (Lipinski definition) is 0. The Morgan fingerprint density at radius 3 is 2.81 bits per heavy atom. The third-order valence-corrected chi connectivity index (χ3v) is 5.72. The number of ether oxygens (including phenoxy) is 1. The van der Waals surface area contributed by atoms with Crippen molar-refractivity contribution in [2.45, 2.75) is 31.7 Å². The average Bonchev–Trinajstić information content (AvgIpc) is 2.72. The van der Waals surface area contributed by atoms with Gasteiger partial charge in [0.05, 0.1) is 13.2 Å². The molecule has 0 radical (unpaired) electrons. The summed E-state index contributed by atoms with van der Waals surface area (Å²) in [6.45, 7) is 1.14. The number of rotatable bonds is 5. The molecule has 0 N–H and O–H groups in total. The van der Waals surface area contributed by atoms with Gasteiger partial charge in [0.2, 0.25) is 0 Å². The van der Waals surface area contributed by atoms with E-state index in [1.807, 2.05) is 6.07 Å². The minimum absolute atomic E-state index is 0.479. The highest BCUT2D eigenvalue weighted by molar-refractivity contribution is 5.51. The van der Waals surface area contributed by atoms with Crippen LogP contribution in [0, 0.1) is 5.92 Å². The molecule has 2 aromatic carbocycles. The highest BCUT2D eigenvalue weighted by atomic mass is 16.5. The van der Waals surface area contributed by atoms with Gasteiger partial charge in [-0.3, -0.25) is 0 Å². The number of fused-ring (bicyclic) bond motifs is 1. The first-order valence-corrected chi connectivity index (χ1v) is 9.66. The fourth-order valence-electron chi connectivity index (χ4n) is 4.37. The van der Waals surface area contributed by atoms with Crippen LogP contribution in [0.2, 0.25) is 0 Å². The molecule has 4 rings (SSSR count). The maximum absolute atomic E-state index is 5.39.